The van der Waals surface area contributed by atoms with Crippen LogP contribution in [0.3, 0.4) is 0 Å². The van der Waals surface area contributed by atoms with Crippen LogP contribution in [0.2, 0.25) is 0 Å². The van der Waals surface area contributed by atoms with Crippen molar-refractivity contribution in [3.63, 3.8) is 0 Å². The summed E-state index contributed by atoms with van der Waals surface area (Å²) in [5.41, 5.74) is 0. The summed E-state index contributed by atoms with van der Waals surface area (Å²) in [4.78, 5) is 39.8. The third-order valence-electron chi connectivity index (χ3n) is 4.29. The molecule has 1 heterocycles. The number of nitrogens with zero attached hydrogens (tertiary/aromatic N) is 3. The van der Waals surface area contributed by atoms with E-state index in [2.05, 4.69) is 0 Å². The van der Waals surface area contributed by atoms with Gasteiger partial charge in [-0.05, 0) is 12.8 Å². The molecular formula is C14H23N3O3. The molecule has 1 aliphatic heterocycles. The lowest BCUT2D eigenvalue weighted by Crippen LogP contribution is -2.52. The van der Waals surface area contributed by atoms with Crippen molar-refractivity contribution in [3.05, 3.63) is 0 Å². The van der Waals surface area contributed by atoms with E-state index in [0.717, 1.165) is 32.1 Å². The average Bonchev–Trinajstić information content (AvgIpc) is 2.98. The van der Waals surface area contributed by atoms with Crippen LogP contribution in [0.4, 0.5) is 0 Å². The van der Waals surface area contributed by atoms with Gasteiger partial charge in [-0.3, -0.25) is 14.4 Å². The first-order valence-corrected chi connectivity index (χ1v) is 7.36. The molecule has 1 aliphatic carbocycles. The molecule has 0 aromatic carbocycles. The van der Waals surface area contributed by atoms with Crippen molar-refractivity contribution in [2.75, 3.05) is 32.7 Å². The SMILES string of the molecule is CC(=O)N(CC(=O)N1CCN(C=O)CC1)C1CCCC1. The van der Waals surface area contributed by atoms with Gasteiger partial charge in [0.05, 0.1) is 6.54 Å². The highest BCUT2D eigenvalue weighted by molar-refractivity contribution is 5.84. The maximum atomic E-state index is 12.3. The van der Waals surface area contributed by atoms with Crippen molar-refractivity contribution < 1.29 is 14.4 Å². The largest absolute Gasteiger partial charge is 0.342 e. The lowest BCUT2D eigenvalue weighted by molar-refractivity contribution is -0.142. The third kappa shape index (κ3) is 3.49. The molecule has 0 unspecified atom stereocenters. The van der Waals surface area contributed by atoms with Crippen molar-refractivity contribution in [2.45, 2.75) is 38.6 Å². The Bertz CT molecular complexity index is 372. The maximum Gasteiger partial charge on any atom is 0.242 e. The molecule has 6 heteroatoms. The van der Waals surface area contributed by atoms with Crippen molar-refractivity contribution >= 4 is 18.2 Å². The van der Waals surface area contributed by atoms with E-state index in [-0.39, 0.29) is 24.4 Å². The minimum atomic E-state index is -0.0169. The van der Waals surface area contributed by atoms with Crippen LogP contribution in [0.5, 0.6) is 0 Å². The van der Waals surface area contributed by atoms with Gasteiger partial charge in [-0.25, -0.2) is 0 Å². The molecule has 0 N–H and O–H groups in total. The zero-order chi connectivity index (χ0) is 14.5. The van der Waals surface area contributed by atoms with Gasteiger partial charge >= 0.3 is 0 Å². The summed E-state index contributed by atoms with van der Waals surface area (Å²) in [6.45, 7) is 4.01. The highest BCUT2D eigenvalue weighted by Crippen LogP contribution is 2.23. The number of hydrogen-bond donors (Lipinski definition) is 0. The van der Waals surface area contributed by atoms with E-state index in [0.29, 0.717) is 26.2 Å². The van der Waals surface area contributed by atoms with Gasteiger partial charge in [-0.2, -0.15) is 0 Å². The normalized spacial score (nSPS) is 20.1. The molecule has 1 saturated carbocycles. The van der Waals surface area contributed by atoms with Crippen LogP contribution in [0.15, 0.2) is 0 Å². The standard InChI is InChI=1S/C14H23N3O3/c1-12(19)17(13-4-2-3-5-13)10-14(20)16-8-6-15(11-18)7-9-16/h11,13H,2-10H2,1H3. The quantitative estimate of drug-likeness (QED) is 0.686. The van der Waals surface area contributed by atoms with Crippen LogP contribution < -0.4 is 0 Å². The molecule has 3 amide bonds. The van der Waals surface area contributed by atoms with E-state index >= 15 is 0 Å². The lowest BCUT2D eigenvalue weighted by atomic mass is 10.2. The van der Waals surface area contributed by atoms with Crippen molar-refractivity contribution in [2.24, 2.45) is 0 Å². The van der Waals surface area contributed by atoms with E-state index in [4.69, 9.17) is 0 Å². The number of carbonyl (C=O) groups excluding carboxylic acids is 3. The number of amides is 3. The molecule has 0 spiro atoms. The zero-order valence-corrected chi connectivity index (χ0v) is 12.1. The molecule has 6 nitrogen and oxygen atoms in total. The minimum Gasteiger partial charge on any atom is -0.342 e. The lowest BCUT2D eigenvalue weighted by Gasteiger charge is -2.35. The fourth-order valence-electron chi connectivity index (χ4n) is 3.04. The predicted molar refractivity (Wildman–Crippen MR) is 73.9 cm³/mol. The zero-order valence-electron chi connectivity index (χ0n) is 12.1. The van der Waals surface area contributed by atoms with E-state index in [9.17, 15) is 14.4 Å². The maximum absolute atomic E-state index is 12.3. The summed E-state index contributed by atoms with van der Waals surface area (Å²) >= 11 is 0. The molecule has 2 aliphatic rings. The van der Waals surface area contributed by atoms with Gasteiger partial charge < -0.3 is 14.7 Å². The first-order valence-electron chi connectivity index (χ1n) is 7.36. The Morgan fingerprint density at radius 3 is 2.25 bits per heavy atom. The number of piperazine rings is 1. The van der Waals surface area contributed by atoms with E-state index in [1.165, 1.54) is 6.92 Å². The minimum absolute atomic E-state index is 0.00218. The van der Waals surface area contributed by atoms with Gasteiger partial charge in [0.15, 0.2) is 0 Å². The molecule has 0 atom stereocenters. The molecule has 0 radical (unpaired) electrons. The average molecular weight is 281 g/mol. The number of rotatable bonds is 4. The highest BCUT2D eigenvalue weighted by Gasteiger charge is 2.28. The molecule has 20 heavy (non-hydrogen) atoms. The second-order valence-electron chi connectivity index (χ2n) is 5.61. The first-order chi connectivity index (χ1) is 9.61. The van der Waals surface area contributed by atoms with Crippen LogP contribution in [0.25, 0.3) is 0 Å². The van der Waals surface area contributed by atoms with Gasteiger partial charge in [-0.15, -0.1) is 0 Å². The monoisotopic (exact) mass is 281 g/mol. The van der Waals surface area contributed by atoms with Crippen molar-refractivity contribution in [3.8, 4) is 0 Å². The van der Waals surface area contributed by atoms with E-state index < -0.39 is 0 Å². The van der Waals surface area contributed by atoms with Gasteiger partial charge in [0.1, 0.15) is 0 Å². The summed E-state index contributed by atoms with van der Waals surface area (Å²) in [5, 5.41) is 0. The Morgan fingerprint density at radius 2 is 1.75 bits per heavy atom. The second kappa shape index (κ2) is 6.72. The molecule has 2 fully saturated rings. The highest BCUT2D eigenvalue weighted by atomic mass is 16.2. The Morgan fingerprint density at radius 1 is 1.15 bits per heavy atom. The van der Waals surface area contributed by atoms with Gasteiger partial charge in [-0.1, -0.05) is 12.8 Å². The van der Waals surface area contributed by atoms with Crippen LogP contribution in [0, 0.1) is 0 Å². The Balaban J connectivity index is 1.88. The van der Waals surface area contributed by atoms with Gasteiger partial charge in [0.2, 0.25) is 18.2 Å². The molecule has 1 saturated heterocycles. The molecule has 0 bridgehead atoms. The fourth-order valence-corrected chi connectivity index (χ4v) is 3.04. The summed E-state index contributed by atoms with van der Waals surface area (Å²) in [5.74, 6) is -0.0190. The Hall–Kier alpha value is -1.59. The smallest absolute Gasteiger partial charge is 0.242 e. The van der Waals surface area contributed by atoms with Gasteiger partial charge in [0.25, 0.3) is 0 Å². The Kier molecular flexibility index (Phi) is 4.98. The van der Waals surface area contributed by atoms with Crippen LogP contribution in [-0.2, 0) is 14.4 Å². The number of carbonyl (C=O) groups is 3. The number of hydrogen-bond acceptors (Lipinski definition) is 3. The topological polar surface area (TPSA) is 60.9 Å². The van der Waals surface area contributed by atoms with E-state index in [1.807, 2.05) is 0 Å². The molecule has 0 aromatic rings. The first kappa shape index (κ1) is 14.8. The summed E-state index contributed by atoms with van der Waals surface area (Å²) in [6.07, 6.45) is 5.11. The fraction of sp³-hybridized carbons (Fsp3) is 0.786. The van der Waals surface area contributed by atoms with Gasteiger partial charge in [0, 0.05) is 39.1 Å². The molecule has 0 aromatic heterocycles. The summed E-state index contributed by atoms with van der Waals surface area (Å²) < 4.78 is 0. The summed E-state index contributed by atoms with van der Waals surface area (Å²) in [6, 6.07) is 0.229. The van der Waals surface area contributed by atoms with Crippen LogP contribution in [0.1, 0.15) is 32.6 Å². The van der Waals surface area contributed by atoms with Crippen molar-refractivity contribution in [1.82, 2.24) is 14.7 Å². The van der Waals surface area contributed by atoms with Crippen LogP contribution in [-0.4, -0.2) is 71.7 Å². The van der Waals surface area contributed by atoms with Crippen molar-refractivity contribution in [1.29, 1.82) is 0 Å². The Labute approximate surface area is 119 Å². The molecule has 112 valence electrons. The van der Waals surface area contributed by atoms with E-state index in [1.54, 1.807) is 14.7 Å². The van der Waals surface area contributed by atoms with Crippen LogP contribution >= 0.6 is 0 Å². The predicted octanol–water partition coefficient (Wildman–Crippen LogP) is 0.0781. The third-order valence-corrected chi connectivity index (χ3v) is 4.29. The molecule has 2 rings (SSSR count). The second-order valence-corrected chi connectivity index (χ2v) is 5.61. The summed E-state index contributed by atoms with van der Waals surface area (Å²) in [7, 11) is 0. The molecular weight excluding hydrogens is 258 g/mol.